The molecule has 32 heavy (non-hydrogen) atoms. The highest BCUT2D eigenvalue weighted by Gasteiger charge is 2.20. The van der Waals surface area contributed by atoms with E-state index in [0.29, 0.717) is 5.56 Å². The van der Waals surface area contributed by atoms with E-state index in [9.17, 15) is 27.9 Å². The van der Waals surface area contributed by atoms with Crippen molar-refractivity contribution in [3.63, 3.8) is 0 Å². The Hall–Kier alpha value is -4.18. The number of hydrogen-bond donors (Lipinski definition) is 3. The maximum Gasteiger partial charge on any atom is 0.337 e. The fourth-order valence-corrected chi connectivity index (χ4v) is 3.83. The first-order valence-electron chi connectivity index (χ1n) is 9.09. The van der Waals surface area contributed by atoms with Crippen molar-refractivity contribution in [2.24, 2.45) is 0 Å². The van der Waals surface area contributed by atoms with Crippen LogP contribution in [0.4, 0.5) is 5.69 Å². The number of aromatic carboxylic acids is 2. The fourth-order valence-electron chi connectivity index (χ4n) is 2.75. The Kier molecular flexibility index (Phi) is 6.26. The van der Waals surface area contributed by atoms with Crippen molar-refractivity contribution in [1.82, 2.24) is 0 Å². The minimum Gasteiger partial charge on any atom is -0.478 e. The molecule has 3 aromatic carbocycles. The van der Waals surface area contributed by atoms with Crippen molar-refractivity contribution < 1.29 is 37.8 Å². The van der Waals surface area contributed by atoms with Crippen LogP contribution < -0.4 is 9.46 Å². The quantitative estimate of drug-likeness (QED) is 0.434. The van der Waals surface area contributed by atoms with Gasteiger partial charge in [-0.25, -0.2) is 18.0 Å². The van der Waals surface area contributed by atoms with E-state index in [1.54, 1.807) is 0 Å². The molecule has 0 bridgehead atoms. The van der Waals surface area contributed by atoms with Gasteiger partial charge in [0.2, 0.25) is 0 Å². The van der Waals surface area contributed by atoms with Crippen LogP contribution in [0, 0.1) is 0 Å². The Labute approximate surface area is 183 Å². The summed E-state index contributed by atoms with van der Waals surface area (Å²) in [7, 11) is -4.13. The van der Waals surface area contributed by atoms with Crippen LogP contribution in [0.1, 0.15) is 38.0 Å². The number of rotatable bonds is 8. The second kappa shape index (κ2) is 8.90. The van der Waals surface area contributed by atoms with Crippen LogP contribution in [0.25, 0.3) is 0 Å². The number of carbonyl (C=O) groups is 3. The Morgan fingerprint density at radius 3 is 2.06 bits per heavy atom. The number of carboxylic acids is 2. The average Bonchev–Trinajstić information content (AvgIpc) is 2.74. The summed E-state index contributed by atoms with van der Waals surface area (Å²) in [4.78, 5) is 34.0. The van der Waals surface area contributed by atoms with Gasteiger partial charge >= 0.3 is 11.9 Å². The number of Topliss-reactive ketones (excluding diaryl/α,β-unsaturated/α-hetero) is 1. The molecular formula is C22H17NO8S. The summed E-state index contributed by atoms with van der Waals surface area (Å²) in [5.74, 6) is -2.54. The highest BCUT2D eigenvalue weighted by molar-refractivity contribution is 7.92. The third-order valence-electron chi connectivity index (χ3n) is 4.35. The molecule has 0 aromatic heterocycles. The molecule has 0 unspecified atom stereocenters. The number of sulfonamides is 1. The summed E-state index contributed by atoms with van der Waals surface area (Å²) in [6, 6.07) is 14.5. The van der Waals surface area contributed by atoms with Gasteiger partial charge in [-0.3, -0.25) is 9.52 Å². The second-order valence-corrected chi connectivity index (χ2v) is 8.32. The summed E-state index contributed by atoms with van der Waals surface area (Å²) in [5.41, 5.74) is -0.245. The average molecular weight is 455 g/mol. The van der Waals surface area contributed by atoms with Crippen LogP contribution in [0.3, 0.4) is 0 Å². The first-order chi connectivity index (χ1) is 15.1. The number of nitrogens with one attached hydrogen (secondary N) is 1. The van der Waals surface area contributed by atoms with E-state index in [4.69, 9.17) is 9.84 Å². The molecule has 0 aliphatic rings. The van der Waals surface area contributed by atoms with E-state index in [1.807, 2.05) is 0 Å². The molecule has 164 valence electrons. The zero-order chi connectivity index (χ0) is 23.5. The number of ketones is 1. The molecule has 10 heteroatoms. The number of carboxylic acid groups (broad SMARTS) is 2. The van der Waals surface area contributed by atoms with E-state index in [-0.39, 0.29) is 39.0 Å². The number of ether oxygens (including phenoxy) is 1. The van der Waals surface area contributed by atoms with Crippen LogP contribution in [0.2, 0.25) is 0 Å². The van der Waals surface area contributed by atoms with Crippen molar-refractivity contribution in [2.75, 3.05) is 4.72 Å². The standard InChI is InChI=1S/C22H17NO8S/c1-13(24)14-5-8-18(9-6-14)32(29,30)23-20-10-7-17(12-19(20)22(27)28)31-16-4-2-3-15(11-16)21(25)26/h2-12,23H,1H3,(H,25,26)(H,27,28). The molecule has 9 nitrogen and oxygen atoms in total. The van der Waals surface area contributed by atoms with E-state index >= 15 is 0 Å². The van der Waals surface area contributed by atoms with Gasteiger partial charge in [0.25, 0.3) is 10.0 Å². The lowest BCUT2D eigenvalue weighted by Crippen LogP contribution is -2.15. The van der Waals surface area contributed by atoms with Crippen LogP contribution in [0.15, 0.2) is 71.6 Å². The Bertz CT molecular complexity index is 1310. The van der Waals surface area contributed by atoms with Gasteiger partial charge in [-0.2, -0.15) is 0 Å². The third-order valence-corrected chi connectivity index (χ3v) is 5.74. The maximum absolute atomic E-state index is 12.7. The number of anilines is 1. The highest BCUT2D eigenvalue weighted by Crippen LogP contribution is 2.29. The topological polar surface area (TPSA) is 147 Å². The predicted molar refractivity (Wildman–Crippen MR) is 114 cm³/mol. The zero-order valence-electron chi connectivity index (χ0n) is 16.6. The Balaban J connectivity index is 1.89. The van der Waals surface area contributed by atoms with Crippen LogP contribution in [0.5, 0.6) is 11.5 Å². The molecule has 3 rings (SSSR count). The largest absolute Gasteiger partial charge is 0.478 e. The van der Waals surface area contributed by atoms with Gasteiger partial charge in [0.15, 0.2) is 5.78 Å². The van der Waals surface area contributed by atoms with Gasteiger partial charge in [0, 0.05) is 5.56 Å². The van der Waals surface area contributed by atoms with Gasteiger partial charge < -0.3 is 14.9 Å². The molecular weight excluding hydrogens is 438 g/mol. The number of hydrogen-bond acceptors (Lipinski definition) is 6. The molecule has 0 saturated carbocycles. The first-order valence-corrected chi connectivity index (χ1v) is 10.6. The molecule has 0 fully saturated rings. The summed E-state index contributed by atoms with van der Waals surface area (Å²) < 4.78 is 33.1. The lowest BCUT2D eigenvalue weighted by Gasteiger charge is -2.13. The van der Waals surface area contributed by atoms with Gasteiger partial charge in [0.05, 0.1) is 21.7 Å². The predicted octanol–water partition coefficient (Wildman–Crippen LogP) is 3.88. The van der Waals surface area contributed by atoms with Gasteiger partial charge in [-0.15, -0.1) is 0 Å². The minimum absolute atomic E-state index is 0.0128. The number of benzene rings is 3. The smallest absolute Gasteiger partial charge is 0.337 e. The Morgan fingerprint density at radius 1 is 0.812 bits per heavy atom. The molecule has 0 saturated heterocycles. The zero-order valence-corrected chi connectivity index (χ0v) is 17.4. The maximum atomic E-state index is 12.7. The molecule has 0 atom stereocenters. The lowest BCUT2D eigenvalue weighted by molar-refractivity contribution is 0.0686. The van der Waals surface area contributed by atoms with Crippen molar-refractivity contribution in [3.05, 3.63) is 83.4 Å². The van der Waals surface area contributed by atoms with Gasteiger partial charge in [-0.05, 0) is 55.5 Å². The summed E-state index contributed by atoms with van der Waals surface area (Å²) in [6.07, 6.45) is 0. The van der Waals surface area contributed by atoms with E-state index < -0.39 is 22.0 Å². The van der Waals surface area contributed by atoms with Gasteiger partial charge in [0.1, 0.15) is 11.5 Å². The van der Waals surface area contributed by atoms with Gasteiger partial charge in [-0.1, -0.05) is 18.2 Å². The normalized spacial score (nSPS) is 10.9. The van der Waals surface area contributed by atoms with E-state index in [2.05, 4.69) is 4.72 Å². The molecule has 0 aliphatic carbocycles. The molecule has 0 amide bonds. The monoisotopic (exact) mass is 455 g/mol. The minimum atomic E-state index is -4.13. The molecule has 3 N–H and O–H groups in total. The molecule has 0 aliphatic heterocycles. The molecule has 0 radical (unpaired) electrons. The fraction of sp³-hybridized carbons (Fsp3) is 0.0455. The molecule has 3 aromatic rings. The number of carbonyl (C=O) groups excluding carboxylic acids is 1. The highest BCUT2D eigenvalue weighted by atomic mass is 32.2. The van der Waals surface area contributed by atoms with Crippen LogP contribution in [-0.2, 0) is 10.0 Å². The first kappa shape index (κ1) is 22.5. The van der Waals surface area contributed by atoms with Crippen LogP contribution >= 0.6 is 0 Å². The second-order valence-electron chi connectivity index (χ2n) is 6.63. The lowest BCUT2D eigenvalue weighted by atomic mass is 10.1. The molecule has 0 heterocycles. The van der Waals surface area contributed by atoms with Crippen molar-refractivity contribution in [2.45, 2.75) is 11.8 Å². The summed E-state index contributed by atoms with van der Waals surface area (Å²) >= 11 is 0. The summed E-state index contributed by atoms with van der Waals surface area (Å²) in [5, 5.41) is 18.6. The van der Waals surface area contributed by atoms with Crippen molar-refractivity contribution >= 4 is 33.4 Å². The van der Waals surface area contributed by atoms with Crippen LogP contribution in [-0.4, -0.2) is 36.4 Å². The van der Waals surface area contributed by atoms with Crippen molar-refractivity contribution in [3.8, 4) is 11.5 Å². The van der Waals surface area contributed by atoms with E-state index in [1.165, 1.54) is 67.6 Å². The Morgan fingerprint density at radius 2 is 1.47 bits per heavy atom. The third kappa shape index (κ3) is 5.10. The van der Waals surface area contributed by atoms with Crippen molar-refractivity contribution in [1.29, 1.82) is 0 Å². The molecule has 0 spiro atoms. The SMILES string of the molecule is CC(=O)c1ccc(S(=O)(=O)Nc2ccc(Oc3cccc(C(=O)O)c3)cc2C(=O)O)cc1. The van der Waals surface area contributed by atoms with E-state index in [0.717, 1.165) is 6.07 Å². The summed E-state index contributed by atoms with van der Waals surface area (Å²) in [6.45, 7) is 1.35.